The minimum atomic E-state index is -0.908. The first-order valence-electron chi connectivity index (χ1n) is 3.91. The van der Waals surface area contributed by atoms with Gasteiger partial charge in [-0.2, -0.15) is 0 Å². The maximum Gasteiger partial charge on any atom is 0.309 e. The number of rotatable bonds is 4. The van der Waals surface area contributed by atoms with E-state index in [0.717, 1.165) is 6.42 Å². The van der Waals surface area contributed by atoms with Crippen molar-refractivity contribution in [3.05, 3.63) is 0 Å². The first-order valence-corrected chi connectivity index (χ1v) is 3.91. The van der Waals surface area contributed by atoms with E-state index in [1.165, 1.54) is 6.92 Å². The summed E-state index contributed by atoms with van der Waals surface area (Å²) in [6.07, 6.45) is 0.0180. The molecule has 3 nitrogen and oxygen atoms in total. The van der Waals surface area contributed by atoms with E-state index in [4.69, 9.17) is 10.2 Å². The van der Waals surface area contributed by atoms with E-state index in [0.29, 0.717) is 0 Å². The normalized spacial score (nSPS) is 18.9. The van der Waals surface area contributed by atoms with Crippen LogP contribution in [0.25, 0.3) is 0 Å². The van der Waals surface area contributed by atoms with Crippen LogP contribution >= 0.6 is 0 Å². The summed E-state index contributed by atoms with van der Waals surface area (Å²) in [5.74, 6) is -1.50. The van der Waals surface area contributed by atoms with Gasteiger partial charge < -0.3 is 10.2 Å². The van der Waals surface area contributed by atoms with Crippen LogP contribution in [-0.4, -0.2) is 22.3 Å². The molecular weight excluding hydrogens is 144 g/mol. The molecule has 0 fully saturated rings. The van der Waals surface area contributed by atoms with Crippen LogP contribution in [0.5, 0.6) is 0 Å². The van der Waals surface area contributed by atoms with Gasteiger partial charge in [-0.3, -0.25) is 4.79 Å². The molecule has 0 aliphatic rings. The van der Waals surface area contributed by atoms with Gasteiger partial charge in [0.05, 0.1) is 12.0 Å². The average Bonchev–Trinajstić information content (AvgIpc) is 1.85. The number of aliphatic hydroxyl groups excluding tert-OH is 1. The molecule has 66 valence electrons. The molecule has 11 heavy (non-hydrogen) atoms. The summed E-state index contributed by atoms with van der Waals surface area (Å²) in [6, 6.07) is 0. The van der Waals surface area contributed by atoms with E-state index in [2.05, 4.69) is 0 Å². The maximum absolute atomic E-state index is 10.6. The molecule has 3 heteroatoms. The molecule has 0 saturated carbocycles. The highest BCUT2D eigenvalue weighted by atomic mass is 16.4. The quantitative estimate of drug-likeness (QED) is 0.647. The van der Waals surface area contributed by atoms with Crippen molar-refractivity contribution in [1.29, 1.82) is 0 Å². The molecule has 0 radical (unpaired) electrons. The lowest BCUT2D eigenvalue weighted by atomic mass is 9.88. The zero-order valence-corrected chi connectivity index (χ0v) is 7.24. The summed E-state index contributed by atoms with van der Waals surface area (Å²) in [5, 5.41) is 17.8. The maximum atomic E-state index is 10.6. The van der Waals surface area contributed by atoms with E-state index in [1.54, 1.807) is 0 Å². The van der Waals surface area contributed by atoms with Crippen LogP contribution in [0.3, 0.4) is 0 Å². The van der Waals surface area contributed by atoms with E-state index < -0.39 is 18.0 Å². The zero-order chi connectivity index (χ0) is 9.02. The molecule has 0 aromatic heterocycles. The Morgan fingerprint density at radius 1 is 1.45 bits per heavy atom. The summed E-state index contributed by atoms with van der Waals surface area (Å²) < 4.78 is 0. The van der Waals surface area contributed by atoms with Crippen molar-refractivity contribution >= 4 is 5.97 Å². The molecule has 0 heterocycles. The van der Waals surface area contributed by atoms with Gasteiger partial charge in [-0.05, 0) is 12.8 Å². The Morgan fingerprint density at radius 3 is 2.00 bits per heavy atom. The molecule has 0 aliphatic carbocycles. The second-order valence-electron chi connectivity index (χ2n) is 2.99. The highest BCUT2D eigenvalue weighted by molar-refractivity contribution is 5.70. The zero-order valence-electron chi connectivity index (χ0n) is 7.24. The standard InChI is InChI=1S/C8H16O3/c1-4-5(2)7(6(3)9)8(10)11/h5-7,9H,4H2,1-3H3,(H,10,11). The number of hydrogen-bond donors (Lipinski definition) is 2. The van der Waals surface area contributed by atoms with E-state index in [9.17, 15) is 4.79 Å². The highest BCUT2D eigenvalue weighted by Gasteiger charge is 2.27. The molecular formula is C8H16O3. The van der Waals surface area contributed by atoms with Gasteiger partial charge >= 0.3 is 5.97 Å². The van der Waals surface area contributed by atoms with Gasteiger partial charge in [-0.1, -0.05) is 20.3 Å². The van der Waals surface area contributed by atoms with Crippen molar-refractivity contribution in [2.75, 3.05) is 0 Å². The first-order chi connectivity index (χ1) is 5.00. The lowest BCUT2D eigenvalue weighted by molar-refractivity contribution is -0.147. The lowest BCUT2D eigenvalue weighted by Gasteiger charge is -2.20. The first kappa shape index (κ1) is 10.4. The molecule has 0 bridgehead atoms. The third-order valence-corrected chi connectivity index (χ3v) is 2.06. The van der Waals surface area contributed by atoms with Crippen LogP contribution in [-0.2, 0) is 4.79 Å². The fourth-order valence-corrected chi connectivity index (χ4v) is 1.18. The Balaban J connectivity index is 4.21. The predicted molar refractivity (Wildman–Crippen MR) is 42.3 cm³/mol. The third kappa shape index (κ3) is 2.89. The van der Waals surface area contributed by atoms with Crippen LogP contribution in [0, 0.1) is 11.8 Å². The number of hydrogen-bond acceptors (Lipinski definition) is 2. The van der Waals surface area contributed by atoms with Crippen molar-refractivity contribution in [1.82, 2.24) is 0 Å². The number of aliphatic carboxylic acids is 1. The average molecular weight is 160 g/mol. The Bertz CT molecular complexity index is 131. The summed E-state index contributed by atoms with van der Waals surface area (Å²) in [7, 11) is 0. The van der Waals surface area contributed by atoms with Gasteiger partial charge in [0.25, 0.3) is 0 Å². The second-order valence-corrected chi connectivity index (χ2v) is 2.99. The molecule has 0 aromatic carbocycles. The fraction of sp³-hybridized carbons (Fsp3) is 0.875. The molecule has 0 aliphatic heterocycles. The Morgan fingerprint density at radius 2 is 1.91 bits per heavy atom. The summed E-state index contributed by atoms with van der Waals surface area (Å²) in [6.45, 7) is 5.28. The van der Waals surface area contributed by atoms with Gasteiger partial charge in [-0.25, -0.2) is 0 Å². The van der Waals surface area contributed by atoms with E-state index >= 15 is 0 Å². The summed E-state index contributed by atoms with van der Waals surface area (Å²) >= 11 is 0. The smallest absolute Gasteiger partial charge is 0.309 e. The Labute approximate surface area is 67.0 Å². The minimum absolute atomic E-state index is 0.0347. The molecule has 3 unspecified atom stereocenters. The van der Waals surface area contributed by atoms with Crippen LogP contribution in [0.4, 0.5) is 0 Å². The Kier molecular flexibility index (Phi) is 4.11. The van der Waals surface area contributed by atoms with Gasteiger partial charge in [0, 0.05) is 0 Å². The molecule has 0 aromatic rings. The van der Waals surface area contributed by atoms with Gasteiger partial charge in [-0.15, -0.1) is 0 Å². The molecule has 0 saturated heterocycles. The van der Waals surface area contributed by atoms with Crippen LogP contribution < -0.4 is 0 Å². The van der Waals surface area contributed by atoms with Crippen molar-refractivity contribution < 1.29 is 15.0 Å². The minimum Gasteiger partial charge on any atom is -0.481 e. The van der Waals surface area contributed by atoms with Gasteiger partial charge in [0.15, 0.2) is 0 Å². The number of carbonyl (C=O) groups is 1. The lowest BCUT2D eigenvalue weighted by Crippen LogP contribution is -2.31. The van der Waals surface area contributed by atoms with Crippen molar-refractivity contribution in [3.63, 3.8) is 0 Å². The highest BCUT2D eigenvalue weighted by Crippen LogP contribution is 2.18. The third-order valence-electron chi connectivity index (χ3n) is 2.06. The van der Waals surface area contributed by atoms with Crippen molar-refractivity contribution in [2.24, 2.45) is 11.8 Å². The number of carboxylic acid groups (broad SMARTS) is 1. The SMILES string of the molecule is CCC(C)C(C(=O)O)C(C)O. The molecule has 0 rings (SSSR count). The fourth-order valence-electron chi connectivity index (χ4n) is 1.18. The number of aliphatic hydroxyl groups is 1. The van der Waals surface area contributed by atoms with Gasteiger partial charge in [0.1, 0.15) is 0 Å². The van der Waals surface area contributed by atoms with Crippen LogP contribution in [0.1, 0.15) is 27.2 Å². The van der Waals surface area contributed by atoms with Crippen LogP contribution in [0.2, 0.25) is 0 Å². The van der Waals surface area contributed by atoms with E-state index in [1.807, 2.05) is 13.8 Å². The number of carboxylic acids is 1. The Hall–Kier alpha value is -0.570. The van der Waals surface area contributed by atoms with Gasteiger partial charge in [0.2, 0.25) is 0 Å². The van der Waals surface area contributed by atoms with Crippen molar-refractivity contribution in [2.45, 2.75) is 33.3 Å². The topological polar surface area (TPSA) is 57.5 Å². The summed E-state index contributed by atoms with van der Waals surface area (Å²) in [4.78, 5) is 10.6. The van der Waals surface area contributed by atoms with Crippen LogP contribution in [0.15, 0.2) is 0 Å². The summed E-state index contributed by atoms with van der Waals surface area (Å²) in [5.41, 5.74) is 0. The predicted octanol–water partition coefficient (Wildman–Crippen LogP) is 1.11. The monoisotopic (exact) mass is 160 g/mol. The largest absolute Gasteiger partial charge is 0.481 e. The molecule has 3 atom stereocenters. The molecule has 2 N–H and O–H groups in total. The molecule has 0 amide bonds. The molecule has 0 spiro atoms. The second kappa shape index (κ2) is 4.34. The van der Waals surface area contributed by atoms with Crippen molar-refractivity contribution in [3.8, 4) is 0 Å². The van der Waals surface area contributed by atoms with E-state index in [-0.39, 0.29) is 5.92 Å².